The van der Waals surface area contributed by atoms with E-state index in [-0.39, 0.29) is 30.3 Å². The SMILES string of the molecule is CCS(=O)(=O)N1CCC(C(=O)N2CCOC(CO)C2)CC1. The van der Waals surface area contributed by atoms with Crippen LogP contribution in [0.1, 0.15) is 19.8 Å². The Morgan fingerprint density at radius 2 is 1.95 bits per heavy atom. The summed E-state index contributed by atoms with van der Waals surface area (Å²) in [5.74, 6) is 0.0452. The van der Waals surface area contributed by atoms with Crippen LogP contribution in [0.5, 0.6) is 0 Å². The van der Waals surface area contributed by atoms with Gasteiger partial charge in [-0.05, 0) is 19.8 Å². The summed E-state index contributed by atoms with van der Waals surface area (Å²) in [6.07, 6.45) is 0.835. The number of aliphatic hydroxyl groups is 1. The summed E-state index contributed by atoms with van der Waals surface area (Å²) in [6.45, 7) is 3.79. The Hall–Kier alpha value is -0.700. The van der Waals surface area contributed by atoms with Gasteiger partial charge in [0.25, 0.3) is 0 Å². The molecule has 8 heteroatoms. The Labute approximate surface area is 125 Å². The van der Waals surface area contributed by atoms with E-state index < -0.39 is 10.0 Å². The molecule has 2 aliphatic heterocycles. The monoisotopic (exact) mass is 320 g/mol. The van der Waals surface area contributed by atoms with Crippen LogP contribution in [0.4, 0.5) is 0 Å². The minimum Gasteiger partial charge on any atom is -0.394 e. The molecule has 0 aromatic rings. The summed E-state index contributed by atoms with van der Waals surface area (Å²) >= 11 is 0. The molecule has 0 radical (unpaired) electrons. The third-order valence-electron chi connectivity index (χ3n) is 4.22. The van der Waals surface area contributed by atoms with Crippen molar-refractivity contribution < 1.29 is 23.1 Å². The molecule has 0 aliphatic carbocycles. The Morgan fingerprint density at radius 3 is 2.52 bits per heavy atom. The zero-order valence-electron chi connectivity index (χ0n) is 12.4. The van der Waals surface area contributed by atoms with Crippen molar-refractivity contribution in [3.05, 3.63) is 0 Å². The fourth-order valence-electron chi connectivity index (χ4n) is 2.85. The average Bonchev–Trinajstić information content (AvgIpc) is 2.54. The second-order valence-corrected chi connectivity index (χ2v) is 7.79. The lowest BCUT2D eigenvalue weighted by atomic mass is 9.96. The first kappa shape index (κ1) is 16.7. The van der Waals surface area contributed by atoms with Gasteiger partial charge in [-0.2, -0.15) is 0 Å². The van der Waals surface area contributed by atoms with E-state index in [9.17, 15) is 13.2 Å². The summed E-state index contributed by atoms with van der Waals surface area (Å²) in [5.41, 5.74) is 0. The van der Waals surface area contributed by atoms with E-state index in [1.54, 1.807) is 11.8 Å². The number of carbonyl (C=O) groups excluding carboxylic acids is 1. The molecule has 21 heavy (non-hydrogen) atoms. The van der Waals surface area contributed by atoms with Gasteiger partial charge in [-0.25, -0.2) is 12.7 Å². The molecule has 2 heterocycles. The quantitative estimate of drug-likeness (QED) is 0.738. The molecule has 1 unspecified atom stereocenters. The van der Waals surface area contributed by atoms with Crippen LogP contribution in [0.15, 0.2) is 0 Å². The standard InChI is InChI=1S/C13H24N2O5S/c1-2-21(18,19)15-5-3-11(4-6-15)13(17)14-7-8-20-12(9-14)10-16/h11-12,16H,2-10H2,1H3. The van der Waals surface area contributed by atoms with E-state index in [1.807, 2.05) is 0 Å². The number of morpholine rings is 1. The number of nitrogens with zero attached hydrogens (tertiary/aromatic N) is 2. The molecule has 2 fully saturated rings. The first-order valence-electron chi connectivity index (χ1n) is 7.47. The van der Waals surface area contributed by atoms with Gasteiger partial charge in [0, 0.05) is 32.1 Å². The zero-order valence-corrected chi connectivity index (χ0v) is 13.2. The zero-order chi connectivity index (χ0) is 15.5. The van der Waals surface area contributed by atoms with Crippen molar-refractivity contribution in [2.75, 3.05) is 45.1 Å². The average molecular weight is 320 g/mol. The van der Waals surface area contributed by atoms with Crippen LogP contribution in [0.3, 0.4) is 0 Å². The smallest absolute Gasteiger partial charge is 0.225 e. The van der Waals surface area contributed by atoms with Crippen LogP contribution in [-0.4, -0.2) is 79.9 Å². The fourth-order valence-corrected chi connectivity index (χ4v) is 3.98. The van der Waals surface area contributed by atoms with Crippen LogP contribution in [0.2, 0.25) is 0 Å². The van der Waals surface area contributed by atoms with E-state index in [1.165, 1.54) is 4.31 Å². The van der Waals surface area contributed by atoms with Gasteiger partial charge in [-0.3, -0.25) is 4.79 Å². The maximum atomic E-state index is 12.5. The van der Waals surface area contributed by atoms with Gasteiger partial charge < -0.3 is 14.7 Å². The molecule has 122 valence electrons. The molecule has 0 bridgehead atoms. The highest BCUT2D eigenvalue weighted by molar-refractivity contribution is 7.89. The lowest BCUT2D eigenvalue weighted by molar-refractivity contribution is -0.145. The lowest BCUT2D eigenvalue weighted by Crippen LogP contribution is -2.51. The molecular weight excluding hydrogens is 296 g/mol. The van der Waals surface area contributed by atoms with E-state index >= 15 is 0 Å². The predicted molar refractivity (Wildman–Crippen MR) is 77.2 cm³/mol. The molecule has 7 nitrogen and oxygen atoms in total. The molecule has 2 rings (SSSR count). The number of hydrogen-bond acceptors (Lipinski definition) is 5. The van der Waals surface area contributed by atoms with Crippen LogP contribution in [0.25, 0.3) is 0 Å². The Bertz CT molecular complexity index is 459. The number of sulfonamides is 1. The maximum Gasteiger partial charge on any atom is 0.225 e. The van der Waals surface area contributed by atoms with E-state index in [2.05, 4.69) is 0 Å². The van der Waals surface area contributed by atoms with Gasteiger partial charge in [0.2, 0.25) is 15.9 Å². The summed E-state index contributed by atoms with van der Waals surface area (Å²) in [4.78, 5) is 14.2. The van der Waals surface area contributed by atoms with Crippen molar-refractivity contribution in [2.24, 2.45) is 5.92 Å². The molecule has 1 N–H and O–H groups in total. The molecular formula is C13H24N2O5S. The van der Waals surface area contributed by atoms with E-state index in [4.69, 9.17) is 9.84 Å². The summed E-state index contributed by atoms with van der Waals surface area (Å²) in [6, 6.07) is 0. The topological polar surface area (TPSA) is 87.2 Å². The lowest BCUT2D eigenvalue weighted by Gasteiger charge is -2.37. The number of piperidine rings is 1. The number of ether oxygens (including phenoxy) is 1. The normalized spacial score (nSPS) is 26.0. The van der Waals surface area contributed by atoms with Gasteiger partial charge in [0.15, 0.2) is 0 Å². The fraction of sp³-hybridized carbons (Fsp3) is 0.923. The highest BCUT2D eigenvalue weighted by Crippen LogP contribution is 2.22. The molecule has 1 amide bonds. The van der Waals surface area contributed by atoms with Crippen molar-refractivity contribution in [3.8, 4) is 0 Å². The van der Waals surface area contributed by atoms with Gasteiger partial charge in [-0.15, -0.1) is 0 Å². The molecule has 0 spiro atoms. The third-order valence-corrected chi connectivity index (χ3v) is 6.10. The van der Waals surface area contributed by atoms with Gasteiger partial charge in [0.05, 0.1) is 25.1 Å². The van der Waals surface area contributed by atoms with Crippen LogP contribution in [-0.2, 0) is 19.6 Å². The van der Waals surface area contributed by atoms with Crippen LogP contribution >= 0.6 is 0 Å². The maximum absolute atomic E-state index is 12.5. The molecule has 2 saturated heterocycles. The number of amides is 1. The number of aliphatic hydroxyl groups excluding tert-OH is 1. The van der Waals surface area contributed by atoms with Crippen molar-refractivity contribution in [1.29, 1.82) is 0 Å². The summed E-state index contributed by atoms with van der Waals surface area (Å²) < 4.78 is 30.4. The van der Waals surface area contributed by atoms with Gasteiger partial charge in [0.1, 0.15) is 0 Å². The van der Waals surface area contributed by atoms with Crippen LogP contribution < -0.4 is 0 Å². The largest absolute Gasteiger partial charge is 0.394 e. The van der Waals surface area contributed by atoms with E-state index in [0.717, 1.165) is 0 Å². The number of carbonyl (C=O) groups is 1. The second kappa shape index (κ2) is 7.04. The Morgan fingerprint density at radius 1 is 1.29 bits per heavy atom. The third kappa shape index (κ3) is 3.94. The molecule has 0 aromatic carbocycles. The Balaban J connectivity index is 1.88. The minimum absolute atomic E-state index is 0.0605. The van der Waals surface area contributed by atoms with Gasteiger partial charge >= 0.3 is 0 Å². The Kier molecular flexibility index (Phi) is 5.59. The first-order valence-corrected chi connectivity index (χ1v) is 9.08. The summed E-state index contributed by atoms with van der Waals surface area (Å²) in [7, 11) is -3.15. The molecule has 2 aliphatic rings. The van der Waals surface area contributed by atoms with Crippen molar-refractivity contribution in [1.82, 2.24) is 9.21 Å². The van der Waals surface area contributed by atoms with Gasteiger partial charge in [-0.1, -0.05) is 0 Å². The number of hydrogen-bond donors (Lipinski definition) is 1. The highest BCUT2D eigenvalue weighted by Gasteiger charge is 2.34. The summed E-state index contributed by atoms with van der Waals surface area (Å²) in [5, 5.41) is 9.12. The highest BCUT2D eigenvalue weighted by atomic mass is 32.2. The van der Waals surface area contributed by atoms with Crippen molar-refractivity contribution in [3.63, 3.8) is 0 Å². The van der Waals surface area contributed by atoms with Crippen molar-refractivity contribution >= 4 is 15.9 Å². The molecule has 1 atom stereocenters. The van der Waals surface area contributed by atoms with Crippen molar-refractivity contribution in [2.45, 2.75) is 25.9 Å². The molecule has 0 aromatic heterocycles. The number of rotatable bonds is 4. The first-order chi connectivity index (χ1) is 9.97. The van der Waals surface area contributed by atoms with Crippen LogP contribution in [0, 0.1) is 5.92 Å². The minimum atomic E-state index is -3.15. The predicted octanol–water partition coefficient (Wildman–Crippen LogP) is -0.732. The second-order valence-electron chi connectivity index (χ2n) is 5.53. The van der Waals surface area contributed by atoms with E-state index in [0.29, 0.717) is 45.6 Å². The molecule has 0 saturated carbocycles.